The van der Waals surface area contributed by atoms with Crippen LogP contribution in [0.25, 0.3) is 11.1 Å². The summed E-state index contributed by atoms with van der Waals surface area (Å²) in [5, 5.41) is 2.76. The molecule has 8 heteroatoms. The average Bonchev–Trinajstić information content (AvgIpc) is 2.71. The third-order valence-electron chi connectivity index (χ3n) is 4.25. The van der Waals surface area contributed by atoms with E-state index in [0.717, 1.165) is 11.1 Å². The first-order valence-corrected chi connectivity index (χ1v) is 9.11. The van der Waals surface area contributed by atoms with Gasteiger partial charge in [-0.15, -0.1) is 0 Å². The van der Waals surface area contributed by atoms with Crippen molar-refractivity contribution in [2.24, 2.45) is 0 Å². The maximum atomic E-state index is 12.2. The molecule has 0 bridgehead atoms. The highest BCUT2D eigenvalue weighted by molar-refractivity contribution is 5.79. The molecule has 2 aromatic carbocycles. The number of carbonyl (C=O) groups excluding carboxylic acids is 1. The van der Waals surface area contributed by atoms with Crippen LogP contribution in [-0.4, -0.2) is 28.5 Å². The Morgan fingerprint density at radius 1 is 1.07 bits per heavy atom. The molecule has 1 amide bonds. The maximum absolute atomic E-state index is 12.2. The summed E-state index contributed by atoms with van der Waals surface area (Å²) in [5.74, 6) is 0.308. The van der Waals surface area contributed by atoms with Crippen molar-refractivity contribution in [3.63, 3.8) is 0 Å². The Morgan fingerprint density at radius 3 is 2.55 bits per heavy atom. The van der Waals surface area contributed by atoms with E-state index in [0.29, 0.717) is 5.75 Å². The molecular weight excluding hydrogens is 372 g/mol. The van der Waals surface area contributed by atoms with Crippen molar-refractivity contribution in [1.29, 1.82) is 0 Å². The molecule has 0 saturated carbocycles. The fourth-order valence-electron chi connectivity index (χ4n) is 2.83. The maximum Gasteiger partial charge on any atom is 0.326 e. The Kier molecular flexibility index (Phi) is 6.13. The minimum atomic E-state index is -0.716. The first-order valence-electron chi connectivity index (χ1n) is 9.11. The lowest BCUT2D eigenvalue weighted by Gasteiger charge is -2.16. The van der Waals surface area contributed by atoms with E-state index in [1.165, 1.54) is 0 Å². The number of nitrogens with one attached hydrogen (secondary N) is 3. The fraction of sp³-hybridized carbons (Fsp3) is 0.190. The largest absolute Gasteiger partial charge is 0.491 e. The van der Waals surface area contributed by atoms with E-state index in [4.69, 9.17) is 10.5 Å². The number of nitrogen functional groups attached to an aromatic ring is 1. The summed E-state index contributed by atoms with van der Waals surface area (Å²) in [6.07, 6.45) is -0.209. The van der Waals surface area contributed by atoms with Crippen molar-refractivity contribution < 1.29 is 9.53 Å². The second-order valence-corrected chi connectivity index (χ2v) is 6.65. The van der Waals surface area contributed by atoms with Gasteiger partial charge in [-0.3, -0.25) is 14.6 Å². The van der Waals surface area contributed by atoms with Gasteiger partial charge < -0.3 is 20.8 Å². The van der Waals surface area contributed by atoms with Crippen molar-refractivity contribution in [1.82, 2.24) is 15.3 Å². The summed E-state index contributed by atoms with van der Waals surface area (Å²) in [4.78, 5) is 39.4. The zero-order valence-electron chi connectivity index (χ0n) is 15.9. The highest BCUT2D eigenvalue weighted by atomic mass is 16.5. The SMILES string of the molecule is C[C@H](COc1cccc(-c2ccccc2)c1)NC(=O)Cc1[nH]c(=O)[nH]c(=O)c1N. The van der Waals surface area contributed by atoms with Gasteiger partial charge in [-0.05, 0) is 30.2 Å². The van der Waals surface area contributed by atoms with Crippen LogP contribution in [-0.2, 0) is 11.2 Å². The van der Waals surface area contributed by atoms with Crippen LogP contribution < -0.4 is 27.0 Å². The molecule has 0 aliphatic carbocycles. The number of anilines is 1. The molecule has 29 heavy (non-hydrogen) atoms. The molecule has 0 unspecified atom stereocenters. The Hall–Kier alpha value is -3.81. The van der Waals surface area contributed by atoms with E-state index in [-0.39, 0.29) is 36.4 Å². The molecule has 0 aliphatic rings. The number of nitrogens with two attached hydrogens (primary N) is 1. The van der Waals surface area contributed by atoms with Gasteiger partial charge in [-0.2, -0.15) is 0 Å². The van der Waals surface area contributed by atoms with Crippen LogP contribution >= 0.6 is 0 Å². The zero-order chi connectivity index (χ0) is 20.8. The highest BCUT2D eigenvalue weighted by Gasteiger charge is 2.13. The second kappa shape index (κ2) is 8.92. The Labute approximate surface area is 166 Å². The molecule has 8 nitrogen and oxygen atoms in total. The van der Waals surface area contributed by atoms with E-state index < -0.39 is 11.2 Å². The van der Waals surface area contributed by atoms with Gasteiger partial charge in [-0.25, -0.2) is 4.79 Å². The van der Waals surface area contributed by atoms with Gasteiger partial charge in [-0.1, -0.05) is 42.5 Å². The van der Waals surface area contributed by atoms with Crippen LogP contribution in [0.1, 0.15) is 12.6 Å². The first-order chi connectivity index (χ1) is 13.9. The minimum absolute atomic E-state index is 0.0833. The third kappa shape index (κ3) is 5.35. The van der Waals surface area contributed by atoms with Gasteiger partial charge in [0.05, 0.1) is 18.2 Å². The van der Waals surface area contributed by atoms with Crippen molar-refractivity contribution >= 4 is 11.6 Å². The summed E-state index contributed by atoms with van der Waals surface area (Å²) < 4.78 is 5.79. The third-order valence-corrected chi connectivity index (χ3v) is 4.25. The number of H-pyrrole nitrogens is 2. The molecule has 0 radical (unpaired) electrons. The van der Waals surface area contributed by atoms with Gasteiger partial charge in [0.25, 0.3) is 5.56 Å². The van der Waals surface area contributed by atoms with E-state index in [1.54, 1.807) is 6.92 Å². The number of amides is 1. The first kappa shape index (κ1) is 19.9. The molecule has 3 aromatic rings. The molecule has 0 spiro atoms. The molecule has 5 N–H and O–H groups in total. The van der Waals surface area contributed by atoms with Crippen LogP contribution in [0.15, 0.2) is 64.2 Å². The summed E-state index contributed by atoms with van der Waals surface area (Å²) in [7, 11) is 0. The summed E-state index contributed by atoms with van der Waals surface area (Å²) >= 11 is 0. The van der Waals surface area contributed by atoms with Crippen molar-refractivity contribution in [2.75, 3.05) is 12.3 Å². The minimum Gasteiger partial charge on any atom is -0.491 e. The number of aromatic nitrogens is 2. The number of carbonyl (C=O) groups is 1. The molecule has 150 valence electrons. The molecule has 1 heterocycles. The van der Waals surface area contributed by atoms with Crippen LogP contribution in [0.2, 0.25) is 0 Å². The smallest absolute Gasteiger partial charge is 0.326 e. The number of hydrogen-bond acceptors (Lipinski definition) is 5. The number of aromatic amines is 2. The predicted octanol–water partition coefficient (Wildman–Crippen LogP) is 1.44. The number of benzene rings is 2. The molecule has 0 saturated heterocycles. The van der Waals surface area contributed by atoms with E-state index >= 15 is 0 Å². The number of ether oxygens (including phenoxy) is 1. The van der Waals surface area contributed by atoms with Crippen molar-refractivity contribution in [2.45, 2.75) is 19.4 Å². The van der Waals surface area contributed by atoms with Gasteiger partial charge in [0.1, 0.15) is 18.0 Å². The lowest BCUT2D eigenvalue weighted by atomic mass is 10.1. The molecule has 0 aliphatic heterocycles. The predicted molar refractivity (Wildman–Crippen MR) is 111 cm³/mol. The Balaban J connectivity index is 1.56. The Morgan fingerprint density at radius 2 is 1.79 bits per heavy atom. The van der Waals surface area contributed by atoms with Crippen molar-refractivity contribution in [3.8, 4) is 16.9 Å². The lowest BCUT2D eigenvalue weighted by Crippen LogP contribution is -2.38. The molecule has 1 atom stereocenters. The standard InChI is InChI=1S/C21H22N4O4/c1-13(23-18(26)11-17-19(22)20(27)25-21(28)24-17)12-29-16-9-5-8-15(10-16)14-6-3-2-4-7-14/h2-10,13H,11-12,22H2,1H3,(H,23,26)(H2,24,25,27,28)/t13-/m1/s1. The van der Waals surface area contributed by atoms with Gasteiger partial charge >= 0.3 is 5.69 Å². The lowest BCUT2D eigenvalue weighted by molar-refractivity contribution is -0.121. The number of rotatable bonds is 7. The van der Waals surface area contributed by atoms with Crippen LogP contribution in [0.3, 0.4) is 0 Å². The van der Waals surface area contributed by atoms with E-state index in [1.807, 2.05) is 59.6 Å². The molecule has 0 fully saturated rings. The summed E-state index contributed by atoms with van der Waals surface area (Å²) in [6.45, 7) is 2.05. The average molecular weight is 394 g/mol. The summed E-state index contributed by atoms with van der Waals surface area (Å²) in [6, 6.07) is 17.4. The second-order valence-electron chi connectivity index (χ2n) is 6.65. The Bertz CT molecular complexity index is 1110. The van der Waals surface area contributed by atoms with Gasteiger partial charge in [0.2, 0.25) is 5.91 Å². The van der Waals surface area contributed by atoms with Crippen LogP contribution in [0.4, 0.5) is 5.69 Å². The highest BCUT2D eigenvalue weighted by Crippen LogP contribution is 2.23. The van der Waals surface area contributed by atoms with Crippen molar-refractivity contribution in [3.05, 3.63) is 81.1 Å². The topological polar surface area (TPSA) is 130 Å². The zero-order valence-corrected chi connectivity index (χ0v) is 15.9. The van der Waals surface area contributed by atoms with E-state index in [2.05, 4.69) is 10.3 Å². The summed E-state index contributed by atoms with van der Waals surface area (Å²) in [5.41, 5.74) is 6.21. The van der Waals surface area contributed by atoms with E-state index in [9.17, 15) is 14.4 Å². The molecule has 3 rings (SSSR count). The number of hydrogen-bond donors (Lipinski definition) is 4. The van der Waals surface area contributed by atoms with Crippen LogP contribution in [0.5, 0.6) is 5.75 Å². The fourth-order valence-corrected chi connectivity index (χ4v) is 2.83. The van der Waals surface area contributed by atoms with Gasteiger partial charge in [0, 0.05) is 0 Å². The van der Waals surface area contributed by atoms with Gasteiger partial charge in [0.15, 0.2) is 0 Å². The van der Waals surface area contributed by atoms with Crippen LogP contribution in [0, 0.1) is 0 Å². The molecule has 1 aromatic heterocycles. The molecular formula is C21H22N4O4. The normalized spacial score (nSPS) is 11.6. The quantitative estimate of drug-likeness (QED) is 0.482. The monoisotopic (exact) mass is 394 g/mol.